The monoisotopic (exact) mass is 893 g/mol. The topological polar surface area (TPSA) is 25.3 Å². The average molecular weight is 894 g/mol. The maximum absolute atomic E-state index is 12.2. The number of hydrogen-bond acceptors (Lipinski definition) is 0. The van der Waals surface area contributed by atoms with Gasteiger partial charge in [-0.3, -0.25) is 0 Å². The first-order valence-electron chi connectivity index (χ1n) is 26.6. The predicted molar refractivity (Wildman–Crippen MR) is 274 cm³/mol. The van der Waals surface area contributed by atoms with Gasteiger partial charge in [0, 0.05) is 16.7 Å². The summed E-state index contributed by atoms with van der Waals surface area (Å²) in [5.41, 5.74) is 21.7. The Morgan fingerprint density at radius 1 is 0.435 bits per heavy atom. The molecule has 0 saturated carbocycles. The third kappa shape index (κ3) is 24.7. The fourth-order valence-electron chi connectivity index (χ4n) is 9.12. The molecule has 0 radical (unpaired) electrons. The molecule has 0 spiro atoms. The molecule has 0 bridgehead atoms. The average Bonchev–Trinajstić information content (AvgIpc) is 3.56. The third-order valence-electron chi connectivity index (χ3n) is 12.9. The Labute approximate surface area is 392 Å². The molecule has 0 aromatic heterocycles. The van der Waals surface area contributed by atoms with E-state index in [2.05, 4.69) is 100 Å². The quantitative estimate of drug-likeness (QED) is 0.0365. The van der Waals surface area contributed by atoms with E-state index in [0.29, 0.717) is 0 Å². The number of nitrogens with zero attached hydrogens (tertiary/aromatic N) is 2. The van der Waals surface area contributed by atoms with Gasteiger partial charge in [0.25, 0.3) is 0 Å². The summed E-state index contributed by atoms with van der Waals surface area (Å²) in [5, 5.41) is 0. The van der Waals surface area contributed by atoms with Crippen molar-refractivity contribution in [3.63, 3.8) is 0 Å². The van der Waals surface area contributed by atoms with Crippen LogP contribution in [0.3, 0.4) is 0 Å². The van der Waals surface area contributed by atoms with Crippen molar-refractivity contribution >= 4 is 11.4 Å². The molecule has 3 heteroatoms. The van der Waals surface area contributed by atoms with Gasteiger partial charge in [-0.1, -0.05) is 237 Å². The number of allylic oxidation sites excluding steroid dienone is 4. The van der Waals surface area contributed by atoms with Gasteiger partial charge in [0.05, 0.1) is 5.57 Å². The zero-order chi connectivity index (χ0) is 44.7. The van der Waals surface area contributed by atoms with Crippen LogP contribution in [0.15, 0.2) is 71.8 Å². The summed E-state index contributed by atoms with van der Waals surface area (Å²) in [7, 11) is 0. The van der Waals surface area contributed by atoms with E-state index in [9.17, 15) is 5.53 Å². The van der Waals surface area contributed by atoms with E-state index >= 15 is 0 Å². The van der Waals surface area contributed by atoms with E-state index in [0.717, 1.165) is 54.6 Å². The molecule has 354 valence electrons. The van der Waals surface area contributed by atoms with Crippen molar-refractivity contribution < 1.29 is 19.1 Å². The van der Waals surface area contributed by atoms with Gasteiger partial charge in [-0.2, -0.15) is 0 Å². The van der Waals surface area contributed by atoms with Crippen LogP contribution in [0.5, 0.6) is 0 Å². The van der Waals surface area contributed by atoms with Gasteiger partial charge in [0.15, 0.2) is 0 Å². The van der Waals surface area contributed by atoms with Crippen molar-refractivity contribution in [2.75, 3.05) is 0 Å². The van der Waals surface area contributed by atoms with E-state index in [1.165, 1.54) is 215 Å². The van der Waals surface area contributed by atoms with Gasteiger partial charge >= 0.3 is 26.2 Å². The Bertz CT molecular complexity index is 1480. The van der Waals surface area contributed by atoms with Crippen molar-refractivity contribution in [2.24, 2.45) is 0 Å². The number of rotatable bonds is 38. The Balaban J connectivity index is 0.00000428. The summed E-state index contributed by atoms with van der Waals surface area (Å²) in [4.78, 5) is 0. The zero-order valence-corrected chi connectivity index (χ0v) is 42.7. The van der Waals surface area contributed by atoms with Crippen molar-refractivity contribution in [3.05, 3.63) is 99.6 Å². The number of hydrogen-bond donors (Lipinski definition) is 0. The Hall–Kier alpha value is -2.25. The van der Waals surface area contributed by atoms with Crippen LogP contribution in [0.2, 0.25) is 11.8 Å². The van der Waals surface area contributed by atoms with Crippen LogP contribution in [0.1, 0.15) is 262 Å². The molecule has 2 aromatic carbocycles. The van der Waals surface area contributed by atoms with Crippen molar-refractivity contribution in [1.29, 1.82) is 0 Å². The van der Waals surface area contributed by atoms with Gasteiger partial charge < -0.3 is 5.53 Å². The molecule has 1 aliphatic rings. The van der Waals surface area contributed by atoms with Gasteiger partial charge in [-0.25, -0.2) is 4.70 Å². The van der Waals surface area contributed by atoms with Crippen LogP contribution >= 0.6 is 0 Å². The van der Waals surface area contributed by atoms with Gasteiger partial charge in [0.1, 0.15) is 0 Å². The van der Waals surface area contributed by atoms with Crippen molar-refractivity contribution in [3.8, 4) is 0 Å². The van der Waals surface area contributed by atoms with Gasteiger partial charge in [0.2, 0.25) is 11.4 Å². The normalized spacial score (nSPS) is 13.0. The second kappa shape index (κ2) is 39.1. The Kier molecular flexibility index (Phi) is 35.3. The van der Waals surface area contributed by atoms with Crippen molar-refractivity contribution in [2.45, 2.75) is 264 Å². The third-order valence-corrected chi connectivity index (χ3v) is 12.9. The van der Waals surface area contributed by atoms with E-state index < -0.39 is 0 Å². The maximum atomic E-state index is 12.2. The fraction of sp³-hybridized carbons (Fsp3) is 0.695. The first-order valence-corrected chi connectivity index (χ1v) is 28.6. The summed E-state index contributed by atoms with van der Waals surface area (Å²) in [5.74, 6) is 4.12. The summed E-state index contributed by atoms with van der Waals surface area (Å²) >= 11 is 1.62. The van der Waals surface area contributed by atoms with Crippen LogP contribution in [0, 0.1) is 0 Å². The Morgan fingerprint density at radius 2 is 0.839 bits per heavy atom. The van der Waals surface area contributed by atoms with Gasteiger partial charge in [-0.15, -0.1) is 0 Å². The second-order valence-corrected chi connectivity index (χ2v) is 19.6. The van der Waals surface area contributed by atoms with Crippen LogP contribution in [-0.2, 0) is 27.3 Å². The molecule has 2 nitrogen and oxygen atoms in total. The van der Waals surface area contributed by atoms with Crippen molar-refractivity contribution in [1.82, 2.24) is 0 Å². The fourth-order valence-corrected chi connectivity index (χ4v) is 9.12. The molecule has 0 unspecified atom stereocenters. The number of benzene rings is 2. The Morgan fingerprint density at radius 3 is 1.32 bits per heavy atom. The molecule has 0 saturated heterocycles. The SMILES string of the molecule is CCCCCCCCCCCCCCCCCCCCCCC=CC1=C(c2ccc(CCCCCC)cc2)[N+](=[N-])C(c2cccc(CCCCCC)c2)=C1CCCCC.[CH3][Ni][CH3]. The standard InChI is InChI=1S/C57H92N2.2CH3.Ni/c1-5-9-13-16-17-18-19-20-21-22-23-24-25-26-27-28-29-30-31-32-33-37-44-54-55(43-34-12-8-4)57(53-42-38-41-51(49-53)40-36-15-11-7-3)59(58)56(54)52-47-45-50(46-48-52)39-35-14-10-6-2;;;/h37-38,41-42,44-49H,5-36,39-40,43H2,1-4H3;2*1H3;. The molecule has 2 aromatic rings. The van der Waals surface area contributed by atoms with E-state index in [1.807, 2.05) is 0 Å². The molecular formula is C59H98N2Ni. The molecule has 0 amide bonds. The second-order valence-electron chi connectivity index (χ2n) is 18.6. The van der Waals surface area contributed by atoms with E-state index in [-0.39, 0.29) is 0 Å². The molecule has 1 aliphatic heterocycles. The van der Waals surface area contributed by atoms with Crippen LogP contribution < -0.4 is 0 Å². The van der Waals surface area contributed by atoms with E-state index in [1.54, 1.807) is 19.1 Å². The van der Waals surface area contributed by atoms with Crippen LogP contribution in [-0.4, -0.2) is 4.70 Å². The first-order chi connectivity index (χ1) is 30.6. The summed E-state index contributed by atoms with van der Waals surface area (Å²) in [6, 6.07) is 18.2. The molecule has 0 atom stereocenters. The molecule has 1 heterocycles. The molecular weight excluding hydrogens is 795 g/mol. The summed E-state index contributed by atoms with van der Waals surface area (Å²) in [6.07, 6.45) is 51.2. The minimum absolute atomic E-state index is 0.956. The predicted octanol–water partition coefficient (Wildman–Crippen LogP) is 20.6. The molecule has 62 heavy (non-hydrogen) atoms. The number of unbranched alkanes of at least 4 members (excludes halogenated alkanes) is 28. The summed E-state index contributed by atoms with van der Waals surface area (Å²) in [6.45, 7) is 9.16. The van der Waals surface area contributed by atoms with Crippen LogP contribution in [0.4, 0.5) is 0 Å². The molecule has 3 rings (SSSR count). The number of aryl methyl sites for hydroxylation is 2. The van der Waals surface area contributed by atoms with E-state index in [4.69, 9.17) is 0 Å². The molecule has 0 N–H and O–H groups in total. The minimum atomic E-state index is 0.956. The molecule has 0 fully saturated rings. The summed E-state index contributed by atoms with van der Waals surface area (Å²) < 4.78 is 1.56. The van der Waals surface area contributed by atoms with Crippen LogP contribution in [0.25, 0.3) is 16.9 Å². The molecule has 0 aliphatic carbocycles. The zero-order valence-electron chi connectivity index (χ0n) is 41.7. The first kappa shape index (κ1) is 55.9. The van der Waals surface area contributed by atoms with Gasteiger partial charge in [-0.05, 0) is 86.8 Å².